The molecule has 0 fully saturated rings. The predicted molar refractivity (Wildman–Crippen MR) is 97.8 cm³/mol. The number of hydrogen-bond donors (Lipinski definition) is 1. The third kappa shape index (κ3) is 3.16. The first-order chi connectivity index (χ1) is 12.2. The molecule has 2 aromatic heterocycles. The standard InChI is InChI=1S/C19H14N4OS/c1-12-7-8-16-14(9-12)10-15(11-24)18(20-16)25-19-21-17(22-23-19)13-5-3-2-4-6-13/h2-11H,1H3,(H,21,22,23). The molecule has 25 heavy (non-hydrogen) atoms. The number of H-pyrrole nitrogens is 1. The van der Waals surface area contributed by atoms with E-state index < -0.39 is 0 Å². The van der Waals surface area contributed by atoms with Gasteiger partial charge in [-0.05, 0) is 36.9 Å². The van der Waals surface area contributed by atoms with Crippen molar-refractivity contribution in [3.8, 4) is 11.4 Å². The van der Waals surface area contributed by atoms with Crippen LogP contribution in [0.1, 0.15) is 15.9 Å². The van der Waals surface area contributed by atoms with Crippen molar-refractivity contribution in [2.24, 2.45) is 0 Å². The van der Waals surface area contributed by atoms with Gasteiger partial charge in [0.2, 0.25) is 5.16 Å². The van der Waals surface area contributed by atoms with E-state index in [4.69, 9.17) is 0 Å². The van der Waals surface area contributed by atoms with Crippen molar-refractivity contribution < 1.29 is 4.79 Å². The van der Waals surface area contributed by atoms with E-state index >= 15 is 0 Å². The third-order valence-corrected chi connectivity index (χ3v) is 4.68. The second-order valence-corrected chi connectivity index (χ2v) is 6.59. The van der Waals surface area contributed by atoms with E-state index in [1.807, 2.05) is 61.5 Å². The third-order valence-electron chi connectivity index (χ3n) is 3.79. The monoisotopic (exact) mass is 346 g/mol. The first kappa shape index (κ1) is 15.5. The minimum atomic E-state index is 0.529. The quantitative estimate of drug-likeness (QED) is 0.558. The number of pyridine rings is 1. The highest BCUT2D eigenvalue weighted by Gasteiger charge is 2.12. The van der Waals surface area contributed by atoms with E-state index in [1.54, 1.807) is 0 Å². The van der Waals surface area contributed by atoms with Gasteiger partial charge >= 0.3 is 0 Å². The lowest BCUT2D eigenvalue weighted by atomic mass is 10.1. The van der Waals surface area contributed by atoms with E-state index in [9.17, 15) is 4.79 Å². The minimum absolute atomic E-state index is 0.529. The number of aromatic nitrogens is 4. The van der Waals surface area contributed by atoms with Crippen LogP contribution in [0.3, 0.4) is 0 Å². The molecule has 6 heteroatoms. The molecule has 0 atom stereocenters. The number of carbonyl (C=O) groups is 1. The Bertz CT molecular complexity index is 1060. The fourth-order valence-electron chi connectivity index (χ4n) is 2.56. The predicted octanol–water partition coefficient (Wildman–Crippen LogP) is 4.29. The summed E-state index contributed by atoms with van der Waals surface area (Å²) in [5.74, 6) is 0.687. The second kappa shape index (κ2) is 6.49. The molecule has 0 radical (unpaired) electrons. The van der Waals surface area contributed by atoms with Crippen LogP contribution in [0.15, 0.2) is 64.8 Å². The minimum Gasteiger partial charge on any atom is -0.298 e. The molecular formula is C19H14N4OS. The van der Waals surface area contributed by atoms with Crippen molar-refractivity contribution in [3.63, 3.8) is 0 Å². The van der Waals surface area contributed by atoms with Crippen molar-refractivity contribution in [2.75, 3.05) is 0 Å². The zero-order valence-electron chi connectivity index (χ0n) is 13.4. The number of rotatable bonds is 4. The smallest absolute Gasteiger partial charge is 0.215 e. The van der Waals surface area contributed by atoms with Crippen molar-refractivity contribution >= 4 is 29.0 Å². The van der Waals surface area contributed by atoms with Gasteiger partial charge in [0.1, 0.15) is 5.03 Å². The van der Waals surface area contributed by atoms with Crippen LogP contribution >= 0.6 is 11.8 Å². The van der Waals surface area contributed by atoms with E-state index in [0.29, 0.717) is 21.6 Å². The van der Waals surface area contributed by atoms with Gasteiger partial charge in [-0.25, -0.2) is 9.97 Å². The Balaban J connectivity index is 1.70. The number of nitrogens with one attached hydrogen (secondary N) is 1. The normalized spacial score (nSPS) is 10.9. The lowest BCUT2D eigenvalue weighted by Crippen LogP contribution is -1.92. The highest BCUT2D eigenvalue weighted by molar-refractivity contribution is 7.99. The number of aldehydes is 1. The van der Waals surface area contributed by atoms with E-state index in [0.717, 1.165) is 28.3 Å². The first-order valence-electron chi connectivity index (χ1n) is 7.75. The molecule has 0 amide bonds. The summed E-state index contributed by atoms with van der Waals surface area (Å²) in [6.07, 6.45) is 0.821. The van der Waals surface area contributed by atoms with Gasteiger partial charge in [0, 0.05) is 16.5 Å². The Kier molecular flexibility index (Phi) is 4.03. The zero-order valence-corrected chi connectivity index (χ0v) is 14.2. The van der Waals surface area contributed by atoms with Crippen LogP contribution in [0.4, 0.5) is 0 Å². The summed E-state index contributed by atoms with van der Waals surface area (Å²) in [4.78, 5) is 20.6. The van der Waals surface area contributed by atoms with Gasteiger partial charge in [0.05, 0.1) is 5.52 Å². The average molecular weight is 346 g/mol. The lowest BCUT2D eigenvalue weighted by Gasteiger charge is -2.05. The maximum Gasteiger partial charge on any atom is 0.215 e. The fraction of sp³-hybridized carbons (Fsp3) is 0.0526. The van der Waals surface area contributed by atoms with Gasteiger partial charge in [-0.3, -0.25) is 9.89 Å². The van der Waals surface area contributed by atoms with Gasteiger partial charge in [-0.2, -0.15) is 0 Å². The highest BCUT2D eigenvalue weighted by atomic mass is 32.2. The summed E-state index contributed by atoms with van der Waals surface area (Å²) in [6, 6.07) is 17.6. The van der Waals surface area contributed by atoms with Gasteiger partial charge in [-0.1, -0.05) is 42.0 Å². The molecule has 0 aliphatic rings. The number of nitrogens with zero attached hydrogens (tertiary/aromatic N) is 3. The molecule has 0 aliphatic heterocycles. The van der Waals surface area contributed by atoms with Gasteiger partial charge in [0.15, 0.2) is 12.1 Å². The van der Waals surface area contributed by atoms with Crippen molar-refractivity contribution in [2.45, 2.75) is 17.1 Å². The van der Waals surface area contributed by atoms with Crippen molar-refractivity contribution in [3.05, 3.63) is 65.7 Å². The molecule has 0 bridgehead atoms. The van der Waals surface area contributed by atoms with Crippen LogP contribution in [-0.4, -0.2) is 26.5 Å². The molecule has 122 valence electrons. The lowest BCUT2D eigenvalue weighted by molar-refractivity contribution is 0.112. The Hall–Kier alpha value is -2.99. The van der Waals surface area contributed by atoms with Crippen LogP contribution in [0, 0.1) is 6.92 Å². The highest BCUT2D eigenvalue weighted by Crippen LogP contribution is 2.29. The second-order valence-electron chi connectivity index (χ2n) is 5.63. The van der Waals surface area contributed by atoms with Gasteiger partial charge in [0.25, 0.3) is 0 Å². The maximum atomic E-state index is 11.5. The first-order valence-corrected chi connectivity index (χ1v) is 8.57. The summed E-state index contributed by atoms with van der Waals surface area (Å²) >= 11 is 1.28. The largest absolute Gasteiger partial charge is 0.298 e. The molecule has 1 N–H and O–H groups in total. The van der Waals surface area contributed by atoms with Crippen molar-refractivity contribution in [1.82, 2.24) is 20.2 Å². The van der Waals surface area contributed by atoms with E-state index in [1.165, 1.54) is 11.8 Å². The Labute approximate surface area is 148 Å². The van der Waals surface area contributed by atoms with E-state index in [2.05, 4.69) is 20.2 Å². The molecule has 4 rings (SSSR count). The molecule has 4 aromatic rings. The number of aromatic amines is 1. The van der Waals surface area contributed by atoms with Gasteiger partial charge in [-0.15, -0.1) is 5.10 Å². The maximum absolute atomic E-state index is 11.5. The van der Waals surface area contributed by atoms with Crippen LogP contribution in [0.2, 0.25) is 0 Å². The van der Waals surface area contributed by atoms with Crippen LogP contribution < -0.4 is 0 Å². The molecule has 5 nitrogen and oxygen atoms in total. The Morgan fingerprint density at radius 1 is 1.04 bits per heavy atom. The molecule has 0 unspecified atom stereocenters. The zero-order chi connectivity index (χ0) is 17.2. The topological polar surface area (TPSA) is 71.5 Å². The van der Waals surface area contributed by atoms with Crippen LogP contribution in [0.5, 0.6) is 0 Å². The van der Waals surface area contributed by atoms with E-state index in [-0.39, 0.29) is 0 Å². The molecule has 2 aromatic carbocycles. The van der Waals surface area contributed by atoms with Crippen LogP contribution in [0.25, 0.3) is 22.3 Å². The van der Waals surface area contributed by atoms with Crippen molar-refractivity contribution in [1.29, 1.82) is 0 Å². The molecule has 0 aliphatic carbocycles. The van der Waals surface area contributed by atoms with Gasteiger partial charge < -0.3 is 0 Å². The number of hydrogen-bond acceptors (Lipinski definition) is 5. The fourth-order valence-corrected chi connectivity index (χ4v) is 3.33. The molecule has 0 spiro atoms. The SMILES string of the molecule is Cc1ccc2nc(Sc3n[nH]c(-c4ccccc4)n3)c(C=O)cc2c1. The average Bonchev–Trinajstić information content (AvgIpc) is 3.10. The number of carbonyl (C=O) groups excluding carboxylic acids is 1. The number of aryl methyl sites for hydroxylation is 1. The Morgan fingerprint density at radius 2 is 1.88 bits per heavy atom. The summed E-state index contributed by atoms with van der Waals surface area (Å²) in [6.45, 7) is 2.02. The summed E-state index contributed by atoms with van der Waals surface area (Å²) in [5, 5.41) is 9.24. The number of fused-ring (bicyclic) bond motifs is 1. The Morgan fingerprint density at radius 3 is 2.68 bits per heavy atom. The number of benzene rings is 2. The summed E-state index contributed by atoms with van der Waals surface area (Å²) in [7, 11) is 0. The molecule has 0 saturated heterocycles. The van der Waals surface area contributed by atoms with Crippen LogP contribution in [-0.2, 0) is 0 Å². The molecule has 2 heterocycles. The molecule has 0 saturated carbocycles. The molecular weight excluding hydrogens is 332 g/mol. The summed E-state index contributed by atoms with van der Waals surface area (Å²) in [5.41, 5.74) is 3.47. The summed E-state index contributed by atoms with van der Waals surface area (Å²) < 4.78 is 0.